The summed E-state index contributed by atoms with van der Waals surface area (Å²) in [6.45, 7) is 10.6. The molecule has 3 aromatic rings. The number of carbonyl (C=O) groups is 1. The Hall–Kier alpha value is -3.72. The van der Waals surface area contributed by atoms with E-state index in [2.05, 4.69) is 23.8 Å². The fourth-order valence-electron chi connectivity index (χ4n) is 4.10. The number of anilines is 1. The van der Waals surface area contributed by atoms with Crippen molar-refractivity contribution in [2.24, 2.45) is 0 Å². The number of rotatable bonds is 13. The van der Waals surface area contributed by atoms with Gasteiger partial charge in [0.1, 0.15) is 19.3 Å². The second-order valence-electron chi connectivity index (χ2n) is 8.73. The lowest BCUT2D eigenvalue weighted by atomic mass is 9.95. The Morgan fingerprint density at radius 3 is 2.71 bits per heavy atom. The minimum atomic E-state index is -0.557. The van der Waals surface area contributed by atoms with Gasteiger partial charge in [0.15, 0.2) is 11.5 Å². The van der Waals surface area contributed by atoms with E-state index in [0.717, 1.165) is 29.7 Å². The zero-order valence-corrected chi connectivity index (χ0v) is 22.9. The van der Waals surface area contributed by atoms with Crippen LogP contribution in [0.3, 0.4) is 0 Å². The molecule has 1 aliphatic rings. The number of aromatic nitrogens is 3. The lowest BCUT2D eigenvalue weighted by molar-refractivity contribution is -0.138. The van der Waals surface area contributed by atoms with Crippen LogP contribution in [0.1, 0.15) is 50.8 Å². The molecule has 2 aromatic carbocycles. The summed E-state index contributed by atoms with van der Waals surface area (Å²) in [6, 6.07) is 15.1. The first kappa shape index (κ1) is 27.3. The largest absolute Gasteiger partial charge is 0.490 e. The van der Waals surface area contributed by atoms with Gasteiger partial charge in [-0.3, -0.25) is 0 Å². The van der Waals surface area contributed by atoms with Crippen molar-refractivity contribution in [2.45, 2.75) is 51.4 Å². The number of fused-ring (bicyclic) bond motifs is 1. The molecule has 0 saturated heterocycles. The van der Waals surface area contributed by atoms with Crippen LogP contribution in [0.5, 0.6) is 11.5 Å². The Kier molecular flexibility index (Phi) is 9.48. The van der Waals surface area contributed by atoms with Gasteiger partial charge in [0.2, 0.25) is 11.1 Å². The van der Waals surface area contributed by atoms with Crippen LogP contribution < -0.4 is 14.8 Å². The molecule has 9 heteroatoms. The highest BCUT2D eigenvalue weighted by Crippen LogP contribution is 2.40. The molecule has 1 N–H and O–H groups in total. The molecule has 0 fully saturated rings. The van der Waals surface area contributed by atoms with Crippen molar-refractivity contribution in [3.63, 3.8) is 0 Å². The molecule has 0 spiro atoms. The van der Waals surface area contributed by atoms with E-state index in [0.29, 0.717) is 47.1 Å². The molecule has 0 bridgehead atoms. The van der Waals surface area contributed by atoms with Gasteiger partial charge in [-0.15, -0.1) is 5.10 Å². The maximum atomic E-state index is 13.2. The lowest BCUT2D eigenvalue weighted by Gasteiger charge is -2.28. The molecule has 0 amide bonds. The number of nitrogens with one attached hydrogen (secondary N) is 1. The van der Waals surface area contributed by atoms with Gasteiger partial charge in [-0.05, 0) is 43.5 Å². The molecule has 8 nitrogen and oxygen atoms in total. The van der Waals surface area contributed by atoms with Crippen molar-refractivity contribution in [3.05, 3.63) is 83.6 Å². The van der Waals surface area contributed by atoms with Gasteiger partial charge in [-0.1, -0.05) is 74.2 Å². The number of allylic oxidation sites excluding steroid dienone is 1. The van der Waals surface area contributed by atoms with E-state index in [1.54, 1.807) is 22.5 Å². The van der Waals surface area contributed by atoms with Crippen LogP contribution in [0.2, 0.25) is 0 Å². The lowest BCUT2D eigenvalue weighted by Crippen LogP contribution is -2.29. The van der Waals surface area contributed by atoms with E-state index in [1.165, 1.54) is 0 Å². The topological polar surface area (TPSA) is 87.5 Å². The van der Waals surface area contributed by atoms with E-state index >= 15 is 0 Å². The Bertz CT molecular complexity index is 1290. The molecule has 1 unspecified atom stereocenters. The summed E-state index contributed by atoms with van der Waals surface area (Å²) in [6.07, 6.45) is 3.72. The zero-order valence-electron chi connectivity index (χ0n) is 22.1. The van der Waals surface area contributed by atoms with Crippen LogP contribution in [-0.2, 0) is 16.1 Å². The van der Waals surface area contributed by atoms with Crippen molar-refractivity contribution in [2.75, 3.05) is 24.3 Å². The van der Waals surface area contributed by atoms with E-state index in [4.69, 9.17) is 19.3 Å². The number of nitrogens with zero attached hydrogens (tertiary/aromatic N) is 3. The first-order valence-electron chi connectivity index (χ1n) is 12.8. The average molecular weight is 535 g/mol. The van der Waals surface area contributed by atoms with E-state index in [-0.39, 0.29) is 6.61 Å². The minimum absolute atomic E-state index is 0.112. The number of hydrogen-bond acceptors (Lipinski definition) is 8. The predicted molar refractivity (Wildman–Crippen MR) is 150 cm³/mol. The number of thioether (sulfide) groups is 1. The third-order valence-corrected chi connectivity index (χ3v) is 6.86. The van der Waals surface area contributed by atoms with Gasteiger partial charge < -0.3 is 19.5 Å². The molecular formula is C29H34N4O4S. The summed E-state index contributed by atoms with van der Waals surface area (Å²) in [7, 11) is 0. The van der Waals surface area contributed by atoms with Crippen LogP contribution in [0, 0.1) is 0 Å². The normalized spacial score (nSPS) is 14.4. The van der Waals surface area contributed by atoms with Crippen molar-refractivity contribution in [1.82, 2.24) is 14.8 Å². The molecule has 200 valence electrons. The third kappa shape index (κ3) is 6.39. The summed E-state index contributed by atoms with van der Waals surface area (Å²) >= 11 is 1.60. The van der Waals surface area contributed by atoms with E-state index in [1.807, 2.05) is 62.4 Å². The second kappa shape index (κ2) is 13.2. The summed E-state index contributed by atoms with van der Waals surface area (Å²) in [5, 5.41) is 8.67. The first-order chi connectivity index (χ1) is 18.5. The fraction of sp³-hybridized carbons (Fsp3) is 0.345. The Labute approximate surface area is 228 Å². The first-order valence-corrected chi connectivity index (χ1v) is 13.8. The van der Waals surface area contributed by atoms with Crippen molar-refractivity contribution in [1.29, 1.82) is 0 Å². The second-order valence-corrected chi connectivity index (χ2v) is 9.79. The quantitative estimate of drug-likeness (QED) is 0.121. The van der Waals surface area contributed by atoms with Gasteiger partial charge in [-0.25, -0.2) is 9.48 Å². The smallest absolute Gasteiger partial charge is 0.338 e. The van der Waals surface area contributed by atoms with E-state index < -0.39 is 12.0 Å². The Balaban J connectivity index is 1.71. The summed E-state index contributed by atoms with van der Waals surface area (Å²) in [5.41, 5.74) is 2.98. The van der Waals surface area contributed by atoms with Crippen molar-refractivity contribution < 1.29 is 19.0 Å². The number of hydrogen-bond donors (Lipinski definition) is 1. The van der Waals surface area contributed by atoms with E-state index in [9.17, 15) is 4.79 Å². The van der Waals surface area contributed by atoms with Crippen molar-refractivity contribution in [3.8, 4) is 11.5 Å². The third-order valence-electron chi connectivity index (χ3n) is 5.93. The number of carbonyl (C=O) groups excluding carboxylic acids is 1. The summed E-state index contributed by atoms with van der Waals surface area (Å²) in [4.78, 5) is 17.9. The molecular weight excluding hydrogens is 500 g/mol. The monoisotopic (exact) mass is 534 g/mol. The van der Waals surface area contributed by atoms with Gasteiger partial charge >= 0.3 is 5.97 Å². The maximum Gasteiger partial charge on any atom is 0.338 e. The standard InChI is InChI=1S/C29H34N4O4S/c1-5-8-17-38-29-31-28-30-20(4)25(27(34)36-16-6-2)26(33(28)32-29)22-14-15-23(24(18-22)35-7-3)37-19-21-12-10-9-11-13-21/h6,9-15,18,26H,2,5,7-8,16-17,19H2,1,3-4H3,(H,30,31,32). The molecule has 0 saturated carbocycles. The summed E-state index contributed by atoms with van der Waals surface area (Å²) < 4.78 is 19.3. The van der Waals surface area contributed by atoms with Crippen LogP contribution in [-0.4, -0.2) is 39.7 Å². The summed E-state index contributed by atoms with van der Waals surface area (Å²) in [5.74, 6) is 2.28. The van der Waals surface area contributed by atoms with Gasteiger partial charge in [0.05, 0.1) is 12.2 Å². The van der Waals surface area contributed by atoms with Crippen LogP contribution in [0.15, 0.2) is 77.6 Å². The Morgan fingerprint density at radius 2 is 1.97 bits per heavy atom. The minimum Gasteiger partial charge on any atom is -0.490 e. The number of esters is 1. The van der Waals surface area contributed by atoms with Gasteiger partial charge in [-0.2, -0.15) is 4.98 Å². The highest BCUT2D eigenvalue weighted by molar-refractivity contribution is 7.99. The van der Waals surface area contributed by atoms with Crippen LogP contribution in [0.25, 0.3) is 0 Å². The predicted octanol–water partition coefficient (Wildman–Crippen LogP) is 6.17. The average Bonchev–Trinajstić information content (AvgIpc) is 3.33. The van der Waals surface area contributed by atoms with Crippen LogP contribution in [0.4, 0.5) is 5.95 Å². The molecule has 1 atom stereocenters. The molecule has 1 aliphatic heterocycles. The Morgan fingerprint density at radius 1 is 1.16 bits per heavy atom. The molecule has 2 heterocycles. The molecule has 0 aliphatic carbocycles. The zero-order chi connectivity index (χ0) is 26.9. The maximum absolute atomic E-state index is 13.2. The molecule has 0 radical (unpaired) electrons. The number of ether oxygens (including phenoxy) is 3. The van der Waals surface area contributed by atoms with Crippen LogP contribution >= 0.6 is 11.8 Å². The van der Waals surface area contributed by atoms with Gasteiger partial charge in [0.25, 0.3) is 0 Å². The number of unbranched alkanes of at least 4 members (excludes halogenated alkanes) is 1. The van der Waals surface area contributed by atoms with Gasteiger partial charge in [0, 0.05) is 11.4 Å². The molecule has 1 aromatic heterocycles. The number of benzene rings is 2. The fourth-order valence-corrected chi connectivity index (χ4v) is 5.02. The molecule has 38 heavy (non-hydrogen) atoms. The molecule has 4 rings (SSSR count). The SMILES string of the molecule is C=CCOC(=O)C1=C(C)Nc2nc(SCCCC)nn2C1c1ccc(OCc2ccccc2)c(OCC)c1. The highest BCUT2D eigenvalue weighted by atomic mass is 32.2. The van der Waals surface area contributed by atoms with Crippen molar-refractivity contribution >= 4 is 23.7 Å². The highest BCUT2D eigenvalue weighted by Gasteiger charge is 2.35.